The van der Waals surface area contributed by atoms with E-state index in [0.717, 1.165) is 18.4 Å². The second-order valence-electron chi connectivity index (χ2n) is 5.33. The fourth-order valence-corrected chi connectivity index (χ4v) is 2.64. The van der Waals surface area contributed by atoms with E-state index in [4.69, 9.17) is 11.5 Å². The molecule has 1 aliphatic heterocycles. The van der Waals surface area contributed by atoms with E-state index in [-0.39, 0.29) is 11.8 Å². The van der Waals surface area contributed by atoms with Crippen LogP contribution in [-0.4, -0.2) is 29.8 Å². The van der Waals surface area contributed by atoms with E-state index in [1.807, 2.05) is 30.3 Å². The lowest BCUT2D eigenvalue weighted by Crippen LogP contribution is -2.43. The van der Waals surface area contributed by atoms with Crippen LogP contribution in [0.4, 0.5) is 0 Å². The van der Waals surface area contributed by atoms with Gasteiger partial charge >= 0.3 is 0 Å². The van der Waals surface area contributed by atoms with Gasteiger partial charge in [-0.15, -0.1) is 0 Å². The second kappa shape index (κ2) is 6.52. The largest absolute Gasteiger partial charge is 0.370 e. The Morgan fingerprint density at radius 3 is 2.35 bits per heavy atom. The Balaban J connectivity index is 1.90. The van der Waals surface area contributed by atoms with E-state index >= 15 is 0 Å². The number of carbonyl (C=O) groups is 2. The maximum Gasteiger partial charge on any atom is 0.244 e. The van der Waals surface area contributed by atoms with Gasteiger partial charge in [0.1, 0.15) is 6.04 Å². The first-order chi connectivity index (χ1) is 9.58. The predicted octanol–water partition coefficient (Wildman–Crippen LogP) is 0.800. The van der Waals surface area contributed by atoms with Gasteiger partial charge < -0.3 is 16.4 Å². The first-order valence-electron chi connectivity index (χ1n) is 6.95. The quantitative estimate of drug-likeness (QED) is 0.851. The molecule has 0 radical (unpaired) electrons. The van der Waals surface area contributed by atoms with Crippen LogP contribution < -0.4 is 11.5 Å². The molecule has 0 aromatic heterocycles. The number of likely N-dealkylation sites (tertiary alicyclic amines) is 1. The van der Waals surface area contributed by atoms with E-state index in [0.29, 0.717) is 25.4 Å². The first-order valence-corrected chi connectivity index (χ1v) is 6.95. The molecule has 1 fully saturated rings. The van der Waals surface area contributed by atoms with Gasteiger partial charge in [0, 0.05) is 19.5 Å². The molecule has 2 amide bonds. The standard InChI is InChI=1S/C15H21N3O2/c16-13(19)10-11-6-8-18(9-7-11)15(20)14(17)12-4-2-1-3-5-12/h1-5,11,14H,6-10,17H2,(H2,16,19). The highest BCUT2D eigenvalue weighted by Crippen LogP contribution is 2.22. The summed E-state index contributed by atoms with van der Waals surface area (Å²) in [4.78, 5) is 25.0. The normalized spacial score (nSPS) is 17.8. The summed E-state index contributed by atoms with van der Waals surface area (Å²) >= 11 is 0. The maximum absolute atomic E-state index is 12.3. The number of piperidine rings is 1. The van der Waals surface area contributed by atoms with Gasteiger partial charge in [0.2, 0.25) is 11.8 Å². The first kappa shape index (κ1) is 14.5. The lowest BCUT2D eigenvalue weighted by molar-refractivity contribution is -0.134. The molecule has 1 aliphatic rings. The van der Waals surface area contributed by atoms with Crippen LogP contribution in [0, 0.1) is 5.92 Å². The maximum atomic E-state index is 12.3. The van der Waals surface area contributed by atoms with Crippen molar-refractivity contribution in [2.75, 3.05) is 13.1 Å². The molecule has 0 bridgehead atoms. The van der Waals surface area contributed by atoms with E-state index in [9.17, 15) is 9.59 Å². The van der Waals surface area contributed by atoms with Crippen molar-refractivity contribution < 1.29 is 9.59 Å². The Labute approximate surface area is 118 Å². The predicted molar refractivity (Wildman–Crippen MR) is 76.5 cm³/mol. The van der Waals surface area contributed by atoms with Gasteiger partial charge in [0.25, 0.3) is 0 Å². The van der Waals surface area contributed by atoms with Gasteiger partial charge in [-0.2, -0.15) is 0 Å². The average Bonchev–Trinajstić information content (AvgIpc) is 2.47. The van der Waals surface area contributed by atoms with Crippen LogP contribution in [0.15, 0.2) is 30.3 Å². The van der Waals surface area contributed by atoms with Crippen LogP contribution in [0.5, 0.6) is 0 Å². The zero-order valence-electron chi connectivity index (χ0n) is 11.5. The third-order valence-electron chi connectivity index (χ3n) is 3.84. The topological polar surface area (TPSA) is 89.4 Å². The molecule has 1 unspecified atom stereocenters. The zero-order valence-corrected chi connectivity index (χ0v) is 11.5. The van der Waals surface area contributed by atoms with E-state index in [2.05, 4.69) is 0 Å². The Kier molecular flexibility index (Phi) is 4.74. The Bertz CT molecular complexity index is 467. The summed E-state index contributed by atoms with van der Waals surface area (Å²) in [5.74, 6) is -0.0195. The molecule has 1 atom stereocenters. The molecule has 0 spiro atoms. The van der Waals surface area contributed by atoms with Gasteiger partial charge in [-0.1, -0.05) is 30.3 Å². The molecule has 108 valence electrons. The van der Waals surface area contributed by atoms with Gasteiger partial charge in [0.05, 0.1) is 0 Å². The Morgan fingerprint density at radius 1 is 1.20 bits per heavy atom. The molecule has 20 heavy (non-hydrogen) atoms. The minimum atomic E-state index is -0.608. The molecular weight excluding hydrogens is 254 g/mol. The van der Waals surface area contributed by atoms with Crippen LogP contribution in [-0.2, 0) is 9.59 Å². The number of nitrogens with two attached hydrogens (primary N) is 2. The van der Waals surface area contributed by atoms with Gasteiger partial charge in [0.15, 0.2) is 0 Å². The highest BCUT2D eigenvalue weighted by atomic mass is 16.2. The third kappa shape index (κ3) is 3.57. The lowest BCUT2D eigenvalue weighted by atomic mass is 9.92. The van der Waals surface area contributed by atoms with Crippen LogP contribution in [0.1, 0.15) is 30.9 Å². The minimum Gasteiger partial charge on any atom is -0.370 e. The van der Waals surface area contributed by atoms with Crippen molar-refractivity contribution in [3.8, 4) is 0 Å². The molecule has 1 saturated heterocycles. The van der Waals surface area contributed by atoms with Crippen LogP contribution in [0.3, 0.4) is 0 Å². The number of amides is 2. The molecule has 5 heteroatoms. The number of benzene rings is 1. The summed E-state index contributed by atoms with van der Waals surface area (Å²) in [6, 6.07) is 8.77. The van der Waals surface area contributed by atoms with Crippen molar-refractivity contribution in [3.63, 3.8) is 0 Å². The molecule has 1 aromatic carbocycles. The summed E-state index contributed by atoms with van der Waals surface area (Å²) in [5, 5.41) is 0. The van der Waals surface area contributed by atoms with Crippen molar-refractivity contribution in [2.45, 2.75) is 25.3 Å². The molecule has 4 N–H and O–H groups in total. The highest BCUT2D eigenvalue weighted by Gasteiger charge is 2.27. The lowest BCUT2D eigenvalue weighted by Gasteiger charge is -2.33. The van der Waals surface area contributed by atoms with Gasteiger partial charge in [-0.05, 0) is 24.3 Å². The molecule has 2 rings (SSSR count). The smallest absolute Gasteiger partial charge is 0.244 e. The van der Waals surface area contributed by atoms with Crippen LogP contribution >= 0.6 is 0 Å². The van der Waals surface area contributed by atoms with Crippen molar-refractivity contribution in [1.82, 2.24) is 4.90 Å². The molecule has 1 aromatic rings. The number of primary amides is 1. The van der Waals surface area contributed by atoms with Crippen molar-refractivity contribution >= 4 is 11.8 Å². The number of nitrogens with zero attached hydrogens (tertiary/aromatic N) is 1. The zero-order chi connectivity index (χ0) is 14.5. The van der Waals surface area contributed by atoms with E-state index in [1.54, 1.807) is 4.90 Å². The third-order valence-corrected chi connectivity index (χ3v) is 3.84. The monoisotopic (exact) mass is 275 g/mol. The average molecular weight is 275 g/mol. The number of hydrogen-bond donors (Lipinski definition) is 2. The number of carbonyl (C=O) groups excluding carboxylic acids is 2. The fraction of sp³-hybridized carbons (Fsp3) is 0.467. The van der Waals surface area contributed by atoms with Crippen LogP contribution in [0.25, 0.3) is 0 Å². The number of hydrogen-bond acceptors (Lipinski definition) is 3. The van der Waals surface area contributed by atoms with E-state index in [1.165, 1.54) is 0 Å². The van der Waals surface area contributed by atoms with Gasteiger partial charge in [-0.3, -0.25) is 9.59 Å². The molecule has 0 saturated carbocycles. The SMILES string of the molecule is NC(=O)CC1CCN(C(=O)C(N)c2ccccc2)CC1. The highest BCUT2D eigenvalue weighted by molar-refractivity contribution is 5.83. The Hall–Kier alpha value is -1.88. The molecule has 5 nitrogen and oxygen atoms in total. The molecule has 1 heterocycles. The minimum absolute atomic E-state index is 0.0475. The second-order valence-corrected chi connectivity index (χ2v) is 5.33. The number of rotatable bonds is 4. The summed E-state index contributed by atoms with van der Waals surface area (Å²) < 4.78 is 0. The van der Waals surface area contributed by atoms with Crippen molar-refractivity contribution in [3.05, 3.63) is 35.9 Å². The molecular formula is C15H21N3O2. The fourth-order valence-electron chi connectivity index (χ4n) is 2.64. The summed E-state index contributed by atoms with van der Waals surface area (Å²) in [6.45, 7) is 1.30. The Morgan fingerprint density at radius 2 is 1.80 bits per heavy atom. The van der Waals surface area contributed by atoms with Crippen LogP contribution in [0.2, 0.25) is 0 Å². The van der Waals surface area contributed by atoms with Gasteiger partial charge in [-0.25, -0.2) is 0 Å². The van der Waals surface area contributed by atoms with E-state index < -0.39 is 6.04 Å². The van der Waals surface area contributed by atoms with Crippen molar-refractivity contribution in [2.24, 2.45) is 17.4 Å². The molecule has 0 aliphatic carbocycles. The summed E-state index contributed by atoms with van der Waals surface area (Å²) in [6.07, 6.45) is 2.04. The summed E-state index contributed by atoms with van der Waals surface area (Å²) in [5.41, 5.74) is 12.1. The van der Waals surface area contributed by atoms with Crippen molar-refractivity contribution in [1.29, 1.82) is 0 Å². The summed E-state index contributed by atoms with van der Waals surface area (Å²) in [7, 11) is 0.